The lowest BCUT2D eigenvalue weighted by atomic mass is 9.85. The molecule has 0 saturated heterocycles. The highest BCUT2D eigenvalue weighted by atomic mass is 16.5. The quantitative estimate of drug-likeness (QED) is 0.0488. The minimum Gasteiger partial charge on any atom is -0.508 e. The third-order valence-electron chi connectivity index (χ3n) is 11.6. The van der Waals surface area contributed by atoms with E-state index in [9.17, 15) is 5.11 Å². The van der Waals surface area contributed by atoms with E-state index >= 15 is 0 Å². The van der Waals surface area contributed by atoms with E-state index in [0.717, 1.165) is 85.3 Å². The molecule has 4 aromatic carbocycles. The number of rotatable bonds is 33. The Balaban J connectivity index is 1.80. The van der Waals surface area contributed by atoms with Crippen LogP contribution >= 0.6 is 0 Å². The molecule has 0 amide bonds. The van der Waals surface area contributed by atoms with E-state index in [1.54, 1.807) is 0 Å². The fourth-order valence-corrected chi connectivity index (χ4v) is 8.27. The number of phenols is 1. The first-order valence-electron chi connectivity index (χ1n) is 23.6. The van der Waals surface area contributed by atoms with Crippen LogP contribution in [0, 0.1) is 0 Å². The summed E-state index contributed by atoms with van der Waals surface area (Å²) < 4.78 is 21.1. The van der Waals surface area contributed by atoms with Gasteiger partial charge >= 0.3 is 0 Å². The number of phenolic OH excluding ortho intramolecular Hbond substituents is 1. The largest absolute Gasteiger partial charge is 0.508 e. The minimum atomic E-state index is -0.347. The molecule has 0 heterocycles. The molecule has 1 N–H and O–H groups in total. The number of unbranched alkanes of at least 4 members (excludes halogenated alkanes) is 18. The Morgan fingerprint density at radius 3 is 1.03 bits per heavy atom. The minimum absolute atomic E-state index is 0.209. The molecule has 4 rings (SSSR count). The normalized spacial score (nSPS) is 12.9. The number of benzene rings is 4. The Morgan fingerprint density at radius 1 is 0.345 bits per heavy atom. The molecular weight excluding hydrogens is 713 g/mol. The van der Waals surface area contributed by atoms with Gasteiger partial charge in [0.1, 0.15) is 41.3 Å². The molecule has 3 atom stereocenters. The zero-order chi connectivity index (χ0) is 40.9. The van der Waals surface area contributed by atoms with Crippen LogP contribution in [0.2, 0.25) is 0 Å². The fourth-order valence-electron chi connectivity index (χ4n) is 8.27. The SMILES string of the molecule is CCCCCCCCCC(Oc1ccccc1)c1ccc(O)c(C(CCCCCCCCC)Oc2ccccc2)c1C(CCCCCCCCC)Oc1ccccc1. The molecule has 58 heavy (non-hydrogen) atoms. The average Bonchev–Trinajstić information content (AvgIpc) is 3.25. The molecule has 3 unspecified atom stereocenters. The van der Waals surface area contributed by atoms with E-state index in [2.05, 4.69) is 63.2 Å². The van der Waals surface area contributed by atoms with Gasteiger partial charge in [0.15, 0.2) is 0 Å². The van der Waals surface area contributed by atoms with Gasteiger partial charge in [-0.2, -0.15) is 0 Å². The van der Waals surface area contributed by atoms with Gasteiger partial charge in [-0.05, 0) is 86.6 Å². The van der Waals surface area contributed by atoms with Crippen molar-refractivity contribution in [3.63, 3.8) is 0 Å². The zero-order valence-electron chi connectivity index (χ0n) is 36.7. The third-order valence-corrected chi connectivity index (χ3v) is 11.6. The van der Waals surface area contributed by atoms with Gasteiger partial charge in [0.25, 0.3) is 0 Å². The van der Waals surface area contributed by atoms with Gasteiger partial charge in [0.05, 0.1) is 0 Å². The van der Waals surface area contributed by atoms with Gasteiger partial charge in [0, 0.05) is 11.1 Å². The fraction of sp³-hybridized carbons (Fsp3) is 0.556. The first kappa shape index (κ1) is 46.8. The second-order valence-electron chi connectivity index (χ2n) is 16.5. The lowest BCUT2D eigenvalue weighted by molar-refractivity contribution is 0.152. The van der Waals surface area contributed by atoms with Crippen LogP contribution in [0.4, 0.5) is 0 Å². The summed E-state index contributed by atoms with van der Waals surface area (Å²) in [6.07, 6.45) is 27.4. The Hall–Kier alpha value is -3.92. The first-order chi connectivity index (χ1) is 28.6. The molecule has 0 aliphatic heterocycles. The molecule has 0 aliphatic carbocycles. The van der Waals surface area contributed by atoms with Crippen LogP contribution in [0.1, 0.15) is 210 Å². The molecule has 0 fully saturated rings. The Bertz CT molecular complexity index is 1570. The maximum absolute atomic E-state index is 12.2. The van der Waals surface area contributed by atoms with Crippen molar-refractivity contribution < 1.29 is 19.3 Å². The Morgan fingerprint density at radius 2 is 0.655 bits per heavy atom. The van der Waals surface area contributed by atoms with Gasteiger partial charge < -0.3 is 19.3 Å². The highest BCUT2D eigenvalue weighted by molar-refractivity contribution is 5.49. The van der Waals surface area contributed by atoms with E-state index in [-0.39, 0.29) is 24.1 Å². The van der Waals surface area contributed by atoms with Crippen molar-refractivity contribution in [3.8, 4) is 23.0 Å². The third kappa shape index (κ3) is 17.5. The van der Waals surface area contributed by atoms with Crippen LogP contribution in [-0.4, -0.2) is 5.11 Å². The Labute approximate surface area is 354 Å². The van der Waals surface area contributed by atoms with Gasteiger partial charge in [0.2, 0.25) is 0 Å². The second kappa shape index (κ2) is 29.3. The monoisotopic (exact) mass is 791 g/mol. The van der Waals surface area contributed by atoms with Crippen molar-refractivity contribution >= 4 is 0 Å². The summed E-state index contributed by atoms with van der Waals surface area (Å²) in [5, 5.41) is 12.2. The van der Waals surface area contributed by atoms with Crippen molar-refractivity contribution in [2.24, 2.45) is 0 Å². The predicted octanol–water partition coefficient (Wildman–Crippen LogP) is 17.2. The molecule has 4 nitrogen and oxygen atoms in total. The van der Waals surface area contributed by atoms with Gasteiger partial charge in [-0.15, -0.1) is 0 Å². The Kier molecular flexibility index (Phi) is 23.6. The first-order valence-corrected chi connectivity index (χ1v) is 23.6. The standard InChI is InChI=1S/C54H78O4/c1-4-7-10-13-16-19-31-40-50(56-45-34-25-22-26-35-45)48-43-44-49(55)54(52(58-47-38-29-24-30-39-47)42-33-21-18-15-12-9-6-3)53(48)51(57-46-36-27-23-28-37-46)41-32-20-17-14-11-8-5-2/h22-30,34-39,43-44,50-52,55H,4-21,31-33,40-42H2,1-3H3. The summed E-state index contributed by atoms with van der Waals surface area (Å²) in [5.74, 6) is 2.80. The van der Waals surface area contributed by atoms with E-state index < -0.39 is 0 Å². The zero-order valence-corrected chi connectivity index (χ0v) is 36.7. The van der Waals surface area contributed by atoms with Crippen molar-refractivity contribution in [2.75, 3.05) is 0 Å². The molecule has 4 aromatic rings. The van der Waals surface area contributed by atoms with Crippen LogP contribution in [-0.2, 0) is 0 Å². The van der Waals surface area contributed by atoms with Crippen LogP contribution in [0.5, 0.6) is 23.0 Å². The average molecular weight is 791 g/mol. The molecule has 0 saturated carbocycles. The number of para-hydroxylation sites is 3. The van der Waals surface area contributed by atoms with Crippen molar-refractivity contribution in [1.29, 1.82) is 0 Å². The molecule has 0 bridgehead atoms. The summed E-state index contributed by atoms with van der Waals surface area (Å²) in [7, 11) is 0. The van der Waals surface area contributed by atoms with Crippen molar-refractivity contribution in [1.82, 2.24) is 0 Å². The van der Waals surface area contributed by atoms with Gasteiger partial charge in [-0.1, -0.05) is 197 Å². The number of aromatic hydroxyl groups is 1. The highest BCUT2D eigenvalue weighted by Gasteiger charge is 2.32. The molecule has 0 radical (unpaired) electrons. The summed E-state index contributed by atoms with van der Waals surface area (Å²) in [6, 6.07) is 34.8. The lowest BCUT2D eigenvalue weighted by Gasteiger charge is -2.32. The van der Waals surface area contributed by atoms with E-state index in [1.807, 2.05) is 60.7 Å². The molecule has 318 valence electrons. The van der Waals surface area contributed by atoms with Gasteiger partial charge in [-0.25, -0.2) is 0 Å². The maximum Gasteiger partial charge on any atom is 0.128 e. The summed E-state index contributed by atoms with van der Waals surface area (Å²) >= 11 is 0. The summed E-state index contributed by atoms with van der Waals surface area (Å²) in [4.78, 5) is 0. The number of hydrogen-bond acceptors (Lipinski definition) is 4. The topological polar surface area (TPSA) is 47.9 Å². The molecular formula is C54H78O4. The summed E-state index contributed by atoms with van der Waals surface area (Å²) in [5.41, 5.74) is 3.01. The van der Waals surface area contributed by atoms with E-state index in [1.165, 1.54) is 103 Å². The van der Waals surface area contributed by atoms with Gasteiger partial charge in [-0.3, -0.25) is 0 Å². The summed E-state index contributed by atoms with van der Waals surface area (Å²) in [6.45, 7) is 6.83. The van der Waals surface area contributed by atoms with Crippen molar-refractivity contribution in [2.45, 2.75) is 193 Å². The molecule has 0 aliphatic rings. The molecule has 4 heteroatoms. The smallest absolute Gasteiger partial charge is 0.128 e. The van der Waals surface area contributed by atoms with Crippen LogP contribution in [0.3, 0.4) is 0 Å². The predicted molar refractivity (Wildman–Crippen MR) is 245 cm³/mol. The lowest BCUT2D eigenvalue weighted by Crippen LogP contribution is -2.21. The number of ether oxygens (including phenoxy) is 3. The van der Waals surface area contributed by atoms with E-state index in [0.29, 0.717) is 0 Å². The van der Waals surface area contributed by atoms with Crippen LogP contribution in [0.25, 0.3) is 0 Å². The highest BCUT2D eigenvalue weighted by Crippen LogP contribution is 2.45. The maximum atomic E-state index is 12.2. The molecule has 0 spiro atoms. The van der Waals surface area contributed by atoms with Crippen LogP contribution in [0.15, 0.2) is 103 Å². The van der Waals surface area contributed by atoms with Crippen molar-refractivity contribution in [3.05, 3.63) is 120 Å². The van der Waals surface area contributed by atoms with E-state index in [4.69, 9.17) is 14.2 Å². The molecule has 0 aromatic heterocycles. The second-order valence-corrected chi connectivity index (χ2v) is 16.5. The number of hydrogen-bond donors (Lipinski definition) is 1. The van der Waals surface area contributed by atoms with Crippen LogP contribution < -0.4 is 14.2 Å².